The number of piperidine rings is 1. The fraction of sp³-hybridized carbons (Fsp3) is 0.613. The van der Waals surface area contributed by atoms with E-state index in [1.54, 1.807) is 11.1 Å². The van der Waals surface area contributed by atoms with Gasteiger partial charge in [0.1, 0.15) is 6.10 Å². The number of likely N-dealkylation sites (tertiary alicyclic amines) is 1. The molecule has 0 amide bonds. The van der Waals surface area contributed by atoms with Crippen LogP contribution in [0.15, 0.2) is 53.9 Å². The third kappa shape index (κ3) is 3.84. The molecule has 0 spiro atoms. The van der Waals surface area contributed by atoms with Crippen LogP contribution in [0.25, 0.3) is 5.57 Å². The van der Waals surface area contributed by atoms with Crippen molar-refractivity contribution in [3.8, 4) is 0 Å². The van der Waals surface area contributed by atoms with Crippen molar-refractivity contribution in [1.82, 2.24) is 9.88 Å². The number of nitrogens with zero attached hydrogens (tertiary/aromatic N) is 2. The van der Waals surface area contributed by atoms with Crippen LogP contribution in [-0.4, -0.2) is 42.1 Å². The zero-order valence-corrected chi connectivity index (χ0v) is 21.6. The number of fused-ring (bicyclic) bond motifs is 5. The lowest BCUT2D eigenvalue weighted by molar-refractivity contribution is -0.157. The summed E-state index contributed by atoms with van der Waals surface area (Å²) in [6.45, 7) is 6.98. The second kappa shape index (κ2) is 8.73. The van der Waals surface area contributed by atoms with Crippen molar-refractivity contribution < 1.29 is 9.53 Å². The Labute approximate surface area is 210 Å². The molecule has 2 saturated carbocycles. The van der Waals surface area contributed by atoms with E-state index in [2.05, 4.69) is 61.1 Å². The third-order valence-corrected chi connectivity index (χ3v) is 10.4. The summed E-state index contributed by atoms with van der Waals surface area (Å²) in [6, 6.07) is 4.26. The summed E-state index contributed by atoms with van der Waals surface area (Å²) in [7, 11) is 2.14. The van der Waals surface area contributed by atoms with Crippen molar-refractivity contribution in [1.29, 1.82) is 0 Å². The molecule has 1 saturated heterocycles. The lowest BCUT2D eigenvalue weighted by Crippen LogP contribution is -2.47. The lowest BCUT2D eigenvalue weighted by atomic mass is 9.49. The predicted octanol–water partition coefficient (Wildman–Crippen LogP) is 6.21. The molecular formula is C31H40N2O2. The van der Waals surface area contributed by atoms with Crippen molar-refractivity contribution in [3.63, 3.8) is 0 Å². The van der Waals surface area contributed by atoms with Gasteiger partial charge in [-0.25, -0.2) is 0 Å². The summed E-state index contributed by atoms with van der Waals surface area (Å²) < 4.78 is 6.12. The van der Waals surface area contributed by atoms with Gasteiger partial charge in [-0.05, 0) is 99.5 Å². The molecule has 1 aromatic heterocycles. The van der Waals surface area contributed by atoms with Crippen LogP contribution in [0.3, 0.4) is 0 Å². The van der Waals surface area contributed by atoms with Crippen LogP contribution >= 0.6 is 0 Å². The first-order valence-electron chi connectivity index (χ1n) is 13.8. The molecule has 0 N–H and O–H groups in total. The van der Waals surface area contributed by atoms with E-state index in [9.17, 15) is 4.79 Å². The molecule has 4 aliphatic carbocycles. The number of hydrogen-bond acceptors (Lipinski definition) is 4. The fourth-order valence-corrected chi connectivity index (χ4v) is 8.18. The number of carbonyl (C=O) groups excluding carboxylic acids is 1. The average molecular weight is 473 g/mol. The van der Waals surface area contributed by atoms with Crippen LogP contribution in [-0.2, 0) is 9.53 Å². The molecule has 6 rings (SSSR count). The van der Waals surface area contributed by atoms with E-state index in [1.807, 2.05) is 12.4 Å². The Hall–Kier alpha value is -2.20. The van der Waals surface area contributed by atoms with Gasteiger partial charge in [0.25, 0.3) is 0 Å². The number of carbonyl (C=O) groups is 1. The topological polar surface area (TPSA) is 42.4 Å². The highest BCUT2D eigenvalue weighted by Gasteiger charge is 2.54. The zero-order valence-electron chi connectivity index (χ0n) is 21.6. The summed E-state index contributed by atoms with van der Waals surface area (Å²) in [4.78, 5) is 19.6. The number of aromatic nitrogens is 1. The smallest absolute Gasteiger partial charge is 0.309 e. The number of esters is 1. The van der Waals surface area contributed by atoms with E-state index < -0.39 is 0 Å². The minimum absolute atomic E-state index is 0.0551. The number of hydrogen-bond donors (Lipinski definition) is 0. The highest BCUT2D eigenvalue weighted by atomic mass is 16.5. The minimum Gasteiger partial charge on any atom is -0.462 e. The van der Waals surface area contributed by atoms with Gasteiger partial charge in [-0.1, -0.05) is 49.3 Å². The van der Waals surface area contributed by atoms with Gasteiger partial charge in [-0.3, -0.25) is 9.78 Å². The molecule has 3 fully saturated rings. The van der Waals surface area contributed by atoms with Crippen LogP contribution in [0, 0.1) is 28.6 Å². The summed E-state index contributed by atoms with van der Waals surface area (Å²) >= 11 is 0. The molecule has 4 heteroatoms. The van der Waals surface area contributed by atoms with Crippen LogP contribution in [0.4, 0.5) is 0 Å². The molecule has 2 heterocycles. The molecule has 0 radical (unpaired) electrons. The van der Waals surface area contributed by atoms with E-state index in [-0.39, 0.29) is 28.8 Å². The third-order valence-electron chi connectivity index (χ3n) is 10.4. The molecule has 186 valence electrons. The first kappa shape index (κ1) is 23.2. The lowest BCUT2D eigenvalue weighted by Gasteiger charge is -2.56. The highest BCUT2D eigenvalue weighted by Crippen LogP contribution is 2.64. The first-order chi connectivity index (χ1) is 16.9. The standard InChI is InChI=1S/C31H40N2O2/c1-30-14-10-24(35-29(34)21-12-17-33(3)18-13-21)19-23(30)6-7-25-27-9-8-26(22-5-4-16-32-20-22)31(27,2)15-11-28(25)30/h4-6,8-9,16,20-21,24-25,28H,7,10-15,17-19H2,1-3H3/t24-,25?,28?,30-,31+/m0/s1. The zero-order chi connectivity index (χ0) is 24.2. The van der Waals surface area contributed by atoms with Crippen LogP contribution < -0.4 is 0 Å². The van der Waals surface area contributed by atoms with E-state index in [0.29, 0.717) is 11.8 Å². The van der Waals surface area contributed by atoms with Gasteiger partial charge in [-0.15, -0.1) is 0 Å². The van der Waals surface area contributed by atoms with E-state index in [1.165, 1.54) is 24.0 Å². The van der Waals surface area contributed by atoms with Crippen molar-refractivity contribution in [2.75, 3.05) is 20.1 Å². The molecular weight excluding hydrogens is 432 g/mol. The average Bonchev–Trinajstić information content (AvgIpc) is 3.22. The van der Waals surface area contributed by atoms with Crippen molar-refractivity contribution >= 4 is 11.5 Å². The summed E-state index contributed by atoms with van der Waals surface area (Å²) in [6.07, 6.45) is 19.9. The Bertz CT molecular complexity index is 1080. The Morgan fingerprint density at radius 3 is 2.71 bits per heavy atom. The molecule has 0 bridgehead atoms. The molecule has 1 aliphatic heterocycles. The maximum absolute atomic E-state index is 12.9. The molecule has 4 nitrogen and oxygen atoms in total. The van der Waals surface area contributed by atoms with E-state index in [4.69, 9.17) is 4.74 Å². The van der Waals surface area contributed by atoms with Gasteiger partial charge >= 0.3 is 5.97 Å². The van der Waals surface area contributed by atoms with Gasteiger partial charge in [0.2, 0.25) is 0 Å². The first-order valence-corrected chi connectivity index (χ1v) is 13.8. The molecule has 0 aromatic carbocycles. The number of allylic oxidation sites excluding steroid dienone is 5. The SMILES string of the molecule is CN1CCC(C(=O)O[C@H]2CC[C@@]3(C)C(=CCC4C5=CC=C(c6cccnc6)[C@@]5(C)CCC43)C2)CC1. The maximum atomic E-state index is 12.9. The number of rotatable bonds is 3. The second-order valence-electron chi connectivity index (χ2n) is 12.3. The second-order valence-corrected chi connectivity index (χ2v) is 12.3. The van der Waals surface area contributed by atoms with Gasteiger partial charge < -0.3 is 9.64 Å². The highest BCUT2D eigenvalue weighted by molar-refractivity contribution is 5.78. The molecule has 1 aromatic rings. The summed E-state index contributed by atoms with van der Waals surface area (Å²) in [5.41, 5.74) is 6.29. The number of ether oxygens (including phenoxy) is 1. The molecule has 35 heavy (non-hydrogen) atoms. The van der Waals surface area contributed by atoms with E-state index in [0.717, 1.165) is 51.6 Å². The quantitative estimate of drug-likeness (QED) is 0.387. The van der Waals surface area contributed by atoms with Gasteiger partial charge in [0, 0.05) is 24.2 Å². The monoisotopic (exact) mass is 472 g/mol. The van der Waals surface area contributed by atoms with Gasteiger partial charge in [0.15, 0.2) is 0 Å². The Morgan fingerprint density at radius 1 is 1.11 bits per heavy atom. The normalized spacial score (nSPS) is 37.3. The fourth-order valence-electron chi connectivity index (χ4n) is 8.18. The maximum Gasteiger partial charge on any atom is 0.309 e. The minimum atomic E-state index is 0.0551. The largest absolute Gasteiger partial charge is 0.462 e. The Kier molecular flexibility index (Phi) is 5.79. The Morgan fingerprint density at radius 2 is 1.94 bits per heavy atom. The predicted molar refractivity (Wildman–Crippen MR) is 139 cm³/mol. The molecule has 5 aliphatic rings. The van der Waals surface area contributed by atoms with Crippen LogP contribution in [0.2, 0.25) is 0 Å². The van der Waals surface area contributed by atoms with Crippen LogP contribution in [0.1, 0.15) is 70.8 Å². The van der Waals surface area contributed by atoms with Crippen molar-refractivity contribution in [2.24, 2.45) is 28.6 Å². The summed E-state index contributed by atoms with van der Waals surface area (Å²) in [5, 5.41) is 0. The molecule has 5 atom stereocenters. The van der Waals surface area contributed by atoms with Crippen LogP contribution in [0.5, 0.6) is 0 Å². The Balaban J connectivity index is 1.16. The van der Waals surface area contributed by atoms with Crippen molar-refractivity contribution in [2.45, 2.75) is 71.3 Å². The van der Waals surface area contributed by atoms with E-state index >= 15 is 0 Å². The van der Waals surface area contributed by atoms with Gasteiger partial charge in [0.05, 0.1) is 5.92 Å². The van der Waals surface area contributed by atoms with Gasteiger partial charge in [-0.2, -0.15) is 0 Å². The number of pyridine rings is 1. The molecule has 2 unspecified atom stereocenters. The van der Waals surface area contributed by atoms with Crippen molar-refractivity contribution in [3.05, 3.63) is 59.5 Å². The summed E-state index contributed by atoms with van der Waals surface area (Å²) in [5.74, 6) is 1.45.